The Hall–Kier alpha value is 0.0300. The maximum absolute atomic E-state index is 11.1. The van der Waals surface area contributed by atoms with Gasteiger partial charge in [0, 0.05) is 15.2 Å². The van der Waals surface area contributed by atoms with Crippen LogP contribution < -0.4 is 4.74 Å². The molecule has 1 rings (SSSR count). The average molecular weight is 320 g/mol. The van der Waals surface area contributed by atoms with Crippen LogP contribution in [0.5, 0.6) is 5.75 Å². The van der Waals surface area contributed by atoms with Gasteiger partial charge in [0.25, 0.3) is 9.05 Å². The van der Waals surface area contributed by atoms with Crippen LogP contribution in [0, 0.1) is 0 Å². The third-order valence-corrected chi connectivity index (χ3v) is 4.01. The standard InChI is InChI=1S/C7H5BrCl2O3S/c1-13-6-2-4(8)5(9)3-7(6)14(10,11)12/h2-3H,1H3. The summed E-state index contributed by atoms with van der Waals surface area (Å²) in [7, 11) is 2.69. The number of ether oxygens (including phenoxy) is 1. The van der Waals surface area contributed by atoms with Crippen molar-refractivity contribution in [2.24, 2.45) is 0 Å². The Morgan fingerprint density at radius 3 is 2.43 bits per heavy atom. The molecule has 0 aliphatic rings. The summed E-state index contributed by atoms with van der Waals surface area (Å²) in [6.45, 7) is 0. The summed E-state index contributed by atoms with van der Waals surface area (Å²) >= 11 is 8.86. The number of halogens is 3. The van der Waals surface area contributed by atoms with Crippen molar-refractivity contribution in [3.05, 3.63) is 21.6 Å². The van der Waals surface area contributed by atoms with Gasteiger partial charge < -0.3 is 4.74 Å². The van der Waals surface area contributed by atoms with Crippen LogP contribution in [0.25, 0.3) is 0 Å². The number of rotatable bonds is 2. The zero-order valence-corrected chi connectivity index (χ0v) is 10.8. The molecular formula is C7H5BrCl2O3S. The molecule has 14 heavy (non-hydrogen) atoms. The second kappa shape index (κ2) is 4.26. The highest BCUT2D eigenvalue weighted by molar-refractivity contribution is 9.10. The summed E-state index contributed by atoms with van der Waals surface area (Å²) in [5.41, 5.74) is 0. The third kappa shape index (κ3) is 2.53. The molecule has 1 aromatic carbocycles. The van der Waals surface area contributed by atoms with Crippen LogP contribution >= 0.6 is 38.2 Å². The molecule has 0 heterocycles. The van der Waals surface area contributed by atoms with Crippen LogP contribution in [0.3, 0.4) is 0 Å². The number of hydrogen-bond donors (Lipinski definition) is 0. The maximum Gasteiger partial charge on any atom is 0.265 e. The molecule has 0 aromatic heterocycles. The molecule has 3 nitrogen and oxygen atoms in total. The Morgan fingerprint density at radius 1 is 1.43 bits per heavy atom. The van der Waals surface area contributed by atoms with E-state index in [4.69, 9.17) is 27.0 Å². The van der Waals surface area contributed by atoms with E-state index in [1.54, 1.807) is 0 Å². The minimum Gasteiger partial charge on any atom is -0.495 e. The normalized spacial score (nSPS) is 11.4. The van der Waals surface area contributed by atoms with Gasteiger partial charge in [-0.25, -0.2) is 8.42 Å². The molecule has 0 bridgehead atoms. The second-order valence-electron chi connectivity index (χ2n) is 2.36. The topological polar surface area (TPSA) is 43.4 Å². The van der Waals surface area contributed by atoms with Crippen molar-refractivity contribution in [3.63, 3.8) is 0 Å². The predicted molar refractivity (Wildman–Crippen MR) is 58.7 cm³/mol. The molecule has 0 fully saturated rings. The lowest BCUT2D eigenvalue weighted by molar-refractivity contribution is 0.403. The van der Waals surface area contributed by atoms with E-state index in [-0.39, 0.29) is 15.7 Å². The summed E-state index contributed by atoms with van der Waals surface area (Å²) in [6.07, 6.45) is 0. The van der Waals surface area contributed by atoms with E-state index in [0.29, 0.717) is 4.47 Å². The molecule has 0 amide bonds. The molecule has 0 N–H and O–H groups in total. The fraction of sp³-hybridized carbons (Fsp3) is 0.143. The van der Waals surface area contributed by atoms with Gasteiger partial charge in [-0.2, -0.15) is 0 Å². The lowest BCUT2D eigenvalue weighted by Crippen LogP contribution is -1.96. The van der Waals surface area contributed by atoms with Crippen molar-refractivity contribution in [1.82, 2.24) is 0 Å². The van der Waals surface area contributed by atoms with Crippen LogP contribution in [0.1, 0.15) is 0 Å². The van der Waals surface area contributed by atoms with Crippen LogP contribution in [-0.2, 0) is 9.05 Å². The van der Waals surface area contributed by atoms with Crippen molar-refractivity contribution in [2.75, 3.05) is 7.11 Å². The molecule has 1 aromatic rings. The van der Waals surface area contributed by atoms with Gasteiger partial charge in [-0.05, 0) is 28.1 Å². The molecule has 0 saturated heterocycles. The molecule has 0 atom stereocenters. The summed E-state index contributed by atoms with van der Waals surface area (Å²) < 4.78 is 27.6. The third-order valence-electron chi connectivity index (χ3n) is 1.47. The van der Waals surface area contributed by atoms with Gasteiger partial charge in [-0.15, -0.1) is 0 Å². The van der Waals surface area contributed by atoms with E-state index in [0.717, 1.165) is 0 Å². The van der Waals surface area contributed by atoms with E-state index >= 15 is 0 Å². The van der Waals surface area contributed by atoms with Crippen LogP contribution in [-0.4, -0.2) is 15.5 Å². The molecule has 0 saturated carbocycles. The minimum atomic E-state index is -3.84. The SMILES string of the molecule is COc1cc(Br)c(Cl)cc1S(=O)(=O)Cl. The molecule has 78 valence electrons. The molecule has 0 aliphatic heterocycles. The average Bonchev–Trinajstić information content (AvgIpc) is 2.07. The Labute approximate surface area is 99.5 Å². The molecule has 0 unspecified atom stereocenters. The Balaban J connectivity index is 3.51. The van der Waals surface area contributed by atoms with E-state index in [1.807, 2.05) is 0 Å². The molecule has 0 spiro atoms. The largest absolute Gasteiger partial charge is 0.495 e. The van der Waals surface area contributed by atoms with E-state index in [1.165, 1.54) is 19.2 Å². The van der Waals surface area contributed by atoms with Gasteiger partial charge in [0.15, 0.2) is 0 Å². The Kier molecular flexibility index (Phi) is 3.69. The van der Waals surface area contributed by atoms with Crippen molar-refractivity contribution in [2.45, 2.75) is 4.90 Å². The minimum absolute atomic E-state index is 0.144. The van der Waals surface area contributed by atoms with Crippen LogP contribution in [0.2, 0.25) is 5.02 Å². The predicted octanol–water partition coefficient (Wildman–Crippen LogP) is 3.04. The van der Waals surface area contributed by atoms with Crippen LogP contribution in [0.4, 0.5) is 0 Å². The number of methoxy groups -OCH3 is 1. The van der Waals surface area contributed by atoms with E-state index in [9.17, 15) is 8.42 Å². The first kappa shape index (κ1) is 12.1. The molecular weight excluding hydrogens is 315 g/mol. The highest BCUT2D eigenvalue weighted by Crippen LogP contribution is 2.34. The monoisotopic (exact) mass is 318 g/mol. The van der Waals surface area contributed by atoms with Gasteiger partial charge in [-0.3, -0.25) is 0 Å². The van der Waals surface area contributed by atoms with Gasteiger partial charge in [0.2, 0.25) is 0 Å². The van der Waals surface area contributed by atoms with Gasteiger partial charge in [0.05, 0.1) is 12.1 Å². The summed E-state index contributed by atoms with van der Waals surface area (Å²) in [4.78, 5) is -0.144. The second-order valence-corrected chi connectivity index (χ2v) is 6.15. The zero-order chi connectivity index (χ0) is 10.9. The fourth-order valence-corrected chi connectivity index (χ4v) is 2.41. The van der Waals surface area contributed by atoms with Crippen molar-refractivity contribution in [3.8, 4) is 5.75 Å². The van der Waals surface area contributed by atoms with Gasteiger partial charge in [-0.1, -0.05) is 11.6 Å². The lowest BCUT2D eigenvalue weighted by atomic mass is 10.3. The smallest absolute Gasteiger partial charge is 0.265 e. The fourth-order valence-electron chi connectivity index (χ4n) is 0.860. The van der Waals surface area contributed by atoms with Crippen LogP contribution in [0.15, 0.2) is 21.5 Å². The summed E-state index contributed by atoms with van der Waals surface area (Å²) in [5, 5.41) is 0.255. The molecule has 0 radical (unpaired) electrons. The maximum atomic E-state index is 11.1. The van der Waals surface area contributed by atoms with Crippen molar-refractivity contribution < 1.29 is 13.2 Å². The first-order valence-corrected chi connectivity index (χ1v) is 6.82. The quantitative estimate of drug-likeness (QED) is 0.787. The first-order valence-electron chi connectivity index (χ1n) is 3.34. The Morgan fingerprint density at radius 2 is 2.00 bits per heavy atom. The number of hydrogen-bond acceptors (Lipinski definition) is 3. The zero-order valence-electron chi connectivity index (χ0n) is 6.92. The summed E-state index contributed by atoms with van der Waals surface area (Å²) in [5.74, 6) is 0.149. The highest BCUT2D eigenvalue weighted by atomic mass is 79.9. The number of benzene rings is 1. The lowest BCUT2D eigenvalue weighted by Gasteiger charge is -2.06. The van der Waals surface area contributed by atoms with Crippen molar-refractivity contribution in [1.29, 1.82) is 0 Å². The highest BCUT2D eigenvalue weighted by Gasteiger charge is 2.18. The first-order chi connectivity index (χ1) is 6.36. The van der Waals surface area contributed by atoms with Gasteiger partial charge >= 0.3 is 0 Å². The van der Waals surface area contributed by atoms with Gasteiger partial charge in [0.1, 0.15) is 10.6 Å². The molecule has 7 heteroatoms. The molecule has 0 aliphatic carbocycles. The van der Waals surface area contributed by atoms with Crippen molar-refractivity contribution >= 4 is 47.3 Å². The van der Waals surface area contributed by atoms with E-state index in [2.05, 4.69) is 15.9 Å². The Bertz CT molecular complexity index is 458. The summed E-state index contributed by atoms with van der Waals surface area (Å²) in [6, 6.07) is 2.67. The van der Waals surface area contributed by atoms with E-state index < -0.39 is 9.05 Å².